The van der Waals surface area contributed by atoms with E-state index in [0.29, 0.717) is 6.04 Å². The molecule has 0 spiro atoms. The van der Waals surface area contributed by atoms with Gasteiger partial charge in [-0.15, -0.1) is 11.8 Å². The quantitative estimate of drug-likeness (QED) is 0.607. The van der Waals surface area contributed by atoms with Crippen LogP contribution in [-0.4, -0.2) is 61.4 Å². The van der Waals surface area contributed by atoms with Crippen LogP contribution < -0.4 is 5.32 Å². The predicted molar refractivity (Wildman–Crippen MR) is 117 cm³/mol. The Morgan fingerprint density at radius 1 is 0.931 bits per heavy atom. The van der Waals surface area contributed by atoms with Crippen molar-refractivity contribution in [1.82, 2.24) is 15.1 Å². The van der Waals surface area contributed by atoms with Gasteiger partial charge in [0, 0.05) is 49.7 Å². The highest BCUT2D eigenvalue weighted by molar-refractivity contribution is 7.99. The van der Waals surface area contributed by atoms with Gasteiger partial charge in [-0.3, -0.25) is 4.90 Å². The Bertz CT molecular complexity index is 731. The van der Waals surface area contributed by atoms with E-state index in [2.05, 4.69) is 29.1 Å². The molecule has 1 aliphatic heterocycles. The van der Waals surface area contributed by atoms with Gasteiger partial charge in [0.2, 0.25) is 0 Å². The van der Waals surface area contributed by atoms with Gasteiger partial charge < -0.3 is 10.2 Å². The molecule has 3 nitrogen and oxygen atoms in total. The third-order valence-corrected chi connectivity index (χ3v) is 6.42. The molecule has 3 rings (SSSR count). The minimum Gasteiger partial charge on any atom is -0.306 e. The fraction of sp³-hybridized carbons (Fsp3) is 0.478. The van der Waals surface area contributed by atoms with Gasteiger partial charge in [-0.25, -0.2) is 8.78 Å². The molecule has 0 radical (unpaired) electrons. The highest BCUT2D eigenvalue weighted by Gasteiger charge is 2.19. The minimum absolute atomic E-state index is 0.158. The maximum atomic E-state index is 13.4. The van der Waals surface area contributed by atoms with Crippen LogP contribution in [0.1, 0.15) is 24.9 Å². The van der Waals surface area contributed by atoms with Crippen LogP contribution in [0.4, 0.5) is 8.78 Å². The lowest BCUT2D eigenvalue weighted by atomic mass is 10.0. The van der Waals surface area contributed by atoms with Crippen LogP contribution in [-0.2, 0) is 0 Å². The van der Waals surface area contributed by atoms with Gasteiger partial charge in [-0.05, 0) is 68.1 Å². The van der Waals surface area contributed by atoms with Gasteiger partial charge in [0.1, 0.15) is 11.6 Å². The van der Waals surface area contributed by atoms with E-state index in [-0.39, 0.29) is 17.7 Å². The smallest absolute Gasteiger partial charge is 0.123 e. The van der Waals surface area contributed by atoms with Gasteiger partial charge in [0.05, 0.1) is 0 Å². The third-order valence-electron chi connectivity index (χ3n) is 5.37. The number of hydrogen-bond donors (Lipinski definition) is 1. The van der Waals surface area contributed by atoms with E-state index in [1.165, 1.54) is 24.3 Å². The van der Waals surface area contributed by atoms with Crippen molar-refractivity contribution in [2.45, 2.75) is 30.3 Å². The highest BCUT2D eigenvalue weighted by Crippen LogP contribution is 2.25. The van der Waals surface area contributed by atoms with E-state index in [4.69, 9.17) is 0 Å². The number of nitrogens with zero attached hydrogens (tertiary/aromatic N) is 2. The summed E-state index contributed by atoms with van der Waals surface area (Å²) in [7, 11) is 2.17. The Morgan fingerprint density at radius 2 is 1.52 bits per heavy atom. The summed E-state index contributed by atoms with van der Waals surface area (Å²) in [6.07, 6.45) is 0.917. The molecule has 0 aliphatic carbocycles. The number of benzene rings is 2. The second-order valence-electron chi connectivity index (χ2n) is 7.87. The van der Waals surface area contributed by atoms with E-state index >= 15 is 0 Å². The van der Waals surface area contributed by atoms with Crippen molar-refractivity contribution in [2.24, 2.45) is 0 Å². The molecule has 1 aliphatic rings. The monoisotopic (exact) mass is 419 g/mol. The van der Waals surface area contributed by atoms with Crippen LogP contribution >= 0.6 is 11.8 Å². The van der Waals surface area contributed by atoms with Crippen molar-refractivity contribution in [3.8, 4) is 0 Å². The van der Waals surface area contributed by atoms with Crippen molar-refractivity contribution < 1.29 is 8.78 Å². The molecule has 1 N–H and O–H groups in total. The maximum absolute atomic E-state index is 13.4. The van der Waals surface area contributed by atoms with Gasteiger partial charge in [-0.1, -0.05) is 12.1 Å². The summed E-state index contributed by atoms with van der Waals surface area (Å²) in [6.45, 7) is 7.66. The molecule has 0 aromatic heterocycles. The fourth-order valence-corrected chi connectivity index (χ4v) is 4.60. The first kappa shape index (κ1) is 22.2. The molecule has 2 aromatic carbocycles. The third kappa shape index (κ3) is 7.37. The number of nitrogens with one attached hydrogen (secondary N) is 1. The number of likely N-dealkylation sites (N-methyl/N-ethyl adjacent to an activating group) is 1. The molecule has 6 heteroatoms. The topological polar surface area (TPSA) is 18.5 Å². The van der Waals surface area contributed by atoms with Crippen LogP contribution in [0, 0.1) is 11.6 Å². The molecule has 2 aromatic rings. The van der Waals surface area contributed by atoms with Crippen molar-refractivity contribution in [2.75, 3.05) is 45.5 Å². The number of thioether (sulfide) groups is 1. The van der Waals surface area contributed by atoms with E-state index in [0.717, 1.165) is 55.4 Å². The van der Waals surface area contributed by atoms with E-state index in [1.54, 1.807) is 11.8 Å². The largest absolute Gasteiger partial charge is 0.306 e. The van der Waals surface area contributed by atoms with Crippen molar-refractivity contribution >= 4 is 11.8 Å². The number of halogens is 2. The average Bonchev–Trinajstić information content (AvgIpc) is 2.71. The zero-order valence-corrected chi connectivity index (χ0v) is 18.1. The standard InChI is InChI=1S/C23H31F2N3S/c1-18(17-28-14-12-27(2)13-15-28)26-23(19-3-5-20(24)6-4-19)11-16-29-22-9-7-21(25)8-10-22/h3-10,18,23,26H,11-17H2,1-2H3. The van der Waals surface area contributed by atoms with Gasteiger partial charge >= 0.3 is 0 Å². The van der Waals surface area contributed by atoms with Gasteiger partial charge in [0.15, 0.2) is 0 Å². The SMILES string of the molecule is CC(CN1CCN(C)CC1)NC(CCSc1ccc(F)cc1)c1ccc(F)cc1. The Balaban J connectivity index is 1.56. The second kappa shape index (κ2) is 11.1. The normalized spacial score (nSPS) is 17.9. The molecule has 1 fully saturated rings. The Hall–Kier alpha value is -1.47. The summed E-state index contributed by atoms with van der Waals surface area (Å²) in [4.78, 5) is 5.93. The Labute approximate surface area is 177 Å². The van der Waals surface area contributed by atoms with Gasteiger partial charge in [0.25, 0.3) is 0 Å². The molecule has 1 heterocycles. The first-order valence-electron chi connectivity index (χ1n) is 10.3. The summed E-state index contributed by atoms with van der Waals surface area (Å²) < 4.78 is 26.5. The lowest BCUT2D eigenvalue weighted by Gasteiger charge is -2.35. The molecule has 0 amide bonds. The molecule has 0 bridgehead atoms. The van der Waals surface area contributed by atoms with Crippen LogP contribution in [0.3, 0.4) is 0 Å². The van der Waals surface area contributed by atoms with Crippen LogP contribution in [0.2, 0.25) is 0 Å². The molecule has 2 atom stereocenters. The molecule has 29 heavy (non-hydrogen) atoms. The number of hydrogen-bond acceptors (Lipinski definition) is 4. The van der Waals surface area contributed by atoms with Gasteiger partial charge in [-0.2, -0.15) is 0 Å². The minimum atomic E-state index is -0.210. The lowest BCUT2D eigenvalue weighted by Crippen LogP contribution is -2.49. The summed E-state index contributed by atoms with van der Waals surface area (Å²) >= 11 is 1.72. The zero-order chi connectivity index (χ0) is 20.6. The fourth-order valence-electron chi connectivity index (χ4n) is 3.68. The predicted octanol–water partition coefficient (Wildman–Crippen LogP) is 4.41. The molecular weight excluding hydrogens is 388 g/mol. The summed E-state index contributed by atoms with van der Waals surface area (Å²) in [5, 5.41) is 3.76. The van der Waals surface area contributed by atoms with Crippen molar-refractivity contribution in [3.05, 3.63) is 65.7 Å². The summed E-state index contributed by atoms with van der Waals surface area (Å²) in [6, 6.07) is 13.9. The van der Waals surface area contributed by atoms with E-state index in [9.17, 15) is 8.78 Å². The van der Waals surface area contributed by atoms with Crippen molar-refractivity contribution in [1.29, 1.82) is 0 Å². The lowest BCUT2D eigenvalue weighted by molar-refractivity contribution is 0.142. The van der Waals surface area contributed by atoms with E-state index in [1.807, 2.05) is 24.3 Å². The summed E-state index contributed by atoms with van der Waals surface area (Å²) in [5.74, 6) is 0.485. The highest BCUT2D eigenvalue weighted by atomic mass is 32.2. The Morgan fingerprint density at radius 3 is 2.14 bits per heavy atom. The van der Waals surface area contributed by atoms with E-state index < -0.39 is 0 Å². The first-order chi connectivity index (χ1) is 14.0. The first-order valence-corrected chi connectivity index (χ1v) is 11.3. The average molecular weight is 420 g/mol. The molecular formula is C23H31F2N3S. The molecule has 1 saturated heterocycles. The molecule has 2 unspecified atom stereocenters. The number of rotatable bonds is 9. The van der Waals surface area contributed by atoms with Crippen LogP contribution in [0.25, 0.3) is 0 Å². The van der Waals surface area contributed by atoms with Crippen LogP contribution in [0.15, 0.2) is 53.4 Å². The zero-order valence-electron chi connectivity index (χ0n) is 17.3. The second-order valence-corrected chi connectivity index (χ2v) is 9.04. The van der Waals surface area contributed by atoms with Crippen molar-refractivity contribution in [3.63, 3.8) is 0 Å². The number of piperazine rings is 1. The summed E-state index contributed by atoms with van der Waals surface area (Å²) in [5.41, 5.74) is 1.11. The molecule has 0 saturated carbocycles. The van der Waals surface area contributed by atoms with Crippen LogP contribution in [0.5, 0.6) is 0 Å². The maximum Gasteiger partial charge on any atom is 0.123 e. The molecule has 158 valence electrons. The Kier molecular flexibility index (Phi) is 8.48.